The van der Waals surface area contributed by atoms with Gasteiger partial charge in [-0.25, -0.2) is 4.98 Å². The predicted octanol–water partition coefficient (Wildman–Crippen LogP) is 1.67. The first kappa shape index (κ1) is 15.4. The second kappa shape index (κ2) is 6.76. The fraction of sp³-hybridized carbons (Fsp3) is 0.294. The second-order valence-corrected chi connectivity index (χ2v) is 6.01. The number of imidazole rings is 1. The van der Waals surface area contributed by atoms with Gasteiger partial charge in [-0.15, -0.1) is 0 Å². The maximum Gasteiger partial charge on any atom is 0.232 e. The molecule has 3 aromatic rings. The van der Waals surface area contributed by atoms with Gasteiger partial charge in [-0.1, -0.05) is 30.3 Å². The summed E-state index contributed by atoms with van der Waals surface area (Å²) in [5.41, 5.74) is 8.21. The molecule has 1 aliphatic rings. The van der Waals surface area contributed by atoms with E-state index in [2.05, 4.69) is 46.9 Å². The quantitative estimate of drug-likeness (QED) is 0.748. The topological polar surface area (TPSA) is 97.8 Å². The Labute approximate surface area is 145 Å². The zero-order valence-corrected chi connectivity index (χ0v) is 13.8. The number of aryl methyl sites for hydroxylation is 1. The summed E-state index contributed by atoms with van der Waals surface area (Å²) in [7, 11) is 0. The fourth-order valence-corrected chi connectivity index (χ4v) is 2.94. The van der Waals surface area contributed by atoms with Crippen molar-refractivity contribution in [3.63, 3.8) is 0 Å². The molecule has 1 aliphatic heterocycles. The Hall–Kier alpha value is -3.16. The van der Waals surface area contributed by atoms with E-state index in [0.29, 0.717) is 25.0 Å². The van der Waals surface area contributed by atoms with Gasteiger partial charge < -0.3 is 20.5 Å². The molecule has 8 heteroatoms. The molecule has 0 fully saturated rings. The highest BCUT2D eigenvalue weighted by atomic mass is 15.3. The van der Waals surface area contributed by atoms with Crippen LogP contribution in [0, 0.1) is 0 Å². The van der Waals surface area contributed by atoms with Gasteiger partial charge in [0.25, 0.3) is 0 Å². The molecule has 0 saturated heterocycles. The minimum atomic E-state index is 0.221. The number of aromatic nitrogens is 5. The number of rotatable bonds is 4. The zero-order valence-electron chi connectivity index (χ0n) is 13.8. The normalized spacial score (nSPS) is 14.0. The van der Waals surface area contributed by atoms with Crippen molar-refractivity contribution in [2.24, 2.45) is 0 Å². The smallest absolute Gasteiger partial charge is 0.232 e. The van der Waals surface area contributed by atoms with Crippen LogP contribution in [-0.4, -0.2) is 31.0 Å². The lowest BCUT2D eigenvalue weighted by Crippen LogP contribution is -2.26. The number of nitrogens with one attached hydrogen (secondary N) is 1. The molecule has 0 unspecified atom stereocenters. The lowest BCUT2D eigenvalue weighted by Gasteiger charge is -2.20. The molecular formula is C17H20N8. The molecule has 4 rings (SSSR count). The van der Waals surface area contributed by atoms with Gasteiger partial charge in [-0.05, 0) is 12.0 Å². The Bertz CT molecular complexity index is 845. The lowest BCUT2D eigenvalue weighted by molar-refractivity contribution is 0.658. The van der Waals surface area contributed by atoms with Gasteiger partial charge in [0.15, 0.2) is 0 Å². The maximum atomic E-state index is 5.90. The molecule has 25 heavy (non-hydrogen) atoms. The third-order valence-electron chi connectivity index (χ3n) is 4.20. The summed E-state index contributed by atoms with van der Waals surface area (Å²) in [6.45, 7) is 3.16. The Balaban J connectivity index is 1.53. The number of benzene rings is 1. The van der Waals surface area contributed by atoms with E-state index in [1.165, 1.54) is 0 Å². The Morgan fingerprint density at radius 1 is 1.08 bits per heavy atom. The fourth-order valence-electron chi connectivity index (χ4n) is 2.94. The number of nitrogens with two attached hydrogens (primary N) is 1. The van der Waals surface area contributed by atoms with Crippen LogP contribution in [0.4, 0.5) is 17.8 Å². The van der Waals surface area contributed by atoms with Crippen molar-refractivity contribution in [1.29, 1.82) is 0 Å². The minimum absolute atomic E-state index is 0.221. The number of hydrogen-bond donors (Lipinski definition) is 2. The summed E-state index contributed by atoms with van der Waals surface area (Å²) >= 11 is 0. The molecule has 0 bridgehead atoms. The van der Waals surface area contributed by atoms with Crippen LogP contribution in [0.15, 0.2) is 42.9 Å². The third kappa shape index (κ3) is 3.52. The molecule has 2 aromatic heterocycles. The number of nitrogen functional groups attached to an aromatic ring is 1. The van der Waals surface area contributed by atoms with Gasteiger partial charge in [-0.3, -0.25) is 0 Å². The van der Waals surface area contributed by atoms with E-state index in [0.717, 1.165) is 30.8 Å². The Morgan fingerprint density at radius 2 is 1.96 bits per heavy atom. The van der Waals surface area contributed by atoms with Crippen LogP contribution < -0.4 is 16.0 Å². The highest BCUT2D eigenvalue weighted by Gasteiger charge is 2.18. The van der Waals surface area contributed by atoms with Crippen molar-refractivity contribution in [3.05, 3.63) is 54.1 Å². The van der Waals surface area contributed by atoms with Crippen LogP contribution >= 0.6 is 0 Å². The molecule has 0 atom stereocenters. The van der Waals surface area contributed by atoms with Crippen molar-refractivity contribution in [3.8, 4) is 0 Å². The van der Waals surface area contributed by atoms with Crippen molar-refractivity contribution in [2.45, 2.75) is 26.1 Å². The molecule has 0 radical (unpaired) electrons. The largest absolute Gasteiger partial charge is 0.368 e. The molecule has 0 spiro atoms. The maximum absolute atomic E-state index is 5.90. The summed E-state index contributed by atoms with van der Waals surface area (Å²) in [6, 6.07) is 10.1. The van der Waals surface area contributed by atoms with E-state index < -0.39 is 0 Å². The molecule has 0 saturated carbocycles. The molecule has 3 N–H and O–H groups in total. The first-order valence-electron chi connectivity index (χ1n) is 8.31. The summed E-state index contributed by atoms with van der Waals surface area (Å²) < 4.78 is 2.17. The molecule has 1 aromatic carbocycles. The van der Waals surface area contributed by atoms with E-state index in [-0.39, 0.29) is 5.95 Å². The summed E-state index contributed by atoms with van der Waals surface area (Å²) in [5, 5.41) is 3.22. The van der Waals surface area contributed by atoms with Gasteiger partial charge in [-0.2, -0.15) is 15.0 Å². The Morgan fingerprint density at radius 3 is 2.84 bits per heavy atom. The van der Waals surface area contributed by atoms with Crippen molar-refractivity contribution < 1.29 is 0 Å². The van der Waals surface area contributed by atoms with Crippen LogP contribution in [0.5, 0.6) is 0 Å². The summed E-state index contributed by atoms with van der Waals surface area (Å²) in [5.74, 6) is 1.31. The van der Waals surface area contributed by atoms with Crippen molar-refractivity contribution in [1.82, 2.24) is 24.5 Å². The molecule has 128 valence electrons. The molecule has 8 nitrogen and oxygen atoms in total. The monoisotopic (exact) mass is 336 g/mol. The second-order valence-electron chi connectivity index (χ2n) is 6.01. The van der Waals surface area contributed by atoms with Gasteiger partial charge in [0.1, 0.15) is 0 Å². The standard InChI is InChI=1S/C17H20N8/c18-15-21-16(20-9-13-5-2-1-3-6-13)23-17(22-15)24-7-4-8-25-12-19-10-14(25)11-24/h1-3,5-6,10,12H,4,7-9,11H2,(H3,18,20,21,22,23). The minimum Gasteiger partial charge on any atom is -0.368 e. The first-order valence-corrected chi connectivity index (χ1v) is 8.31. The number of fused-ring (bicyclic) bond motifs is 1. The van der Waals surface area contributed by atoms with Crippen molar-refractivity contribution >= 4 is 17.8 Å². The average Bonchev–Trinajstić information content (AvgIpc) is 2.97. The van der Waals surface area contributed by atoms with E-state index in [4.69, 9.17) is 5.73 Å². The number of nitrogens with zero attached hydrogens (tertiary/aromatic N) is 6. The van der Waals surface area contributed by atoms with Crippen LogP contribution in [0.1, 0.15) is 17.7 Å². The van der Waals surface area contributed by atoms with E-state index in [1.54, 1.807) is 0 Å². The first-order chi connectivity index (χ1) is 12.3. The van der Waals surface area contributed by atoms with Crippen LogP contribution in [0.3, 0.4) is 0 Å². The van der Waals surface area contributed by atoms with Crippen LogP contribution in [-0.2, 0) is 19.6 Å². The highest BCUT2D eigenvalue weighted by Crippen LogP contribution is 2.19. The highest BCUT2D eigenvalue weighted by molar-refractivity contribution is 5.42. The van der Waals surface area contributed by atoms with E-state index in [1.807, 2.05) is 30.7 Å². The van der Waals surface area contributed by atoms with Gasteiger partial charge in [0.05, 0.1) is 18.6 Å². The SMILES string of the molecule is Nc1nc(NCc2ccccc2)nc(N2CCCn3cncc3C2)n1. The van der Waals surface area contributed by atoms with Gasteiger partial charge in [0.2, 0.25) is 17.8 Å². The van der Waals surface area contributed by atoms with E-state index in [9.17, 15) is 0 Å². The average molecular weight is 336 g/mol. The molecular weight excluding hydrogens is 316 g/mol. The van der Waals surface area contributed by atoms with Crippen LogP contribution in [0.25, 0.3) is 0 Å². The number of anilines is 3. The van der Waals surface area contributed by atoms with Gasteiger partial charge >= 0.3 is 0 Å². The van der Waals surface area contributed by atoms with Crippen molar-refractivity contribution in [2.75, 3.05) is 22.5 Å². The molecule has 0 aliphatic carbocycles. The zero-order chi connectivity index (χ0) is 17.1. The Kier molecular flexibility index (Phi) is 4.16. The lowest BCUT2D eigenvalue weighted by atomic mass is 10.2. The van der Waals surface area contributed by atoms with E-state index >= 15 is 0 Å². The van der Waals surface area contributed by atoms with Gasteiger partial charge in [0, 0.05) is 25.8 Å². The summed E-state index contributed by atoms with van der Waals surface area (Å²) in [6.07, 6.45) is 4.76. The predicted molar refractivity (Wildman–Crippen MR) is 95.9 cm³/mol. The summed E-state index contributed by atoms with van der Waals surface area (Å²) in [4.78, 5) is 19.4. The number of hydrogen-bond acceptors (Lipinski definition) is 7. The molecule has 0 amide bonds. The molecule has 3 heterocycles. The van der Waals surface area contributed by atoms with Crippen LogP contribution in [0.2, 0.25) is 0 Å². The third-order valence-corrected chi connectivity index (χ3v) is 4.20.